The van der Waals surface area contributed by atoms with E-state index in [9.17, 15) is 0 Å². The zero-order valence-electron chi connectivity index (χ0n) is 45.8. The fourth-order valence-corrected chi connectivity index (χ4v) is 23.6. The minimum absolute atomic E-state index is 1.20. The van der Waals surface area contributed by atoms with Crippen molar-refractivity contribution in [2.45, 2.75) is 26.2 Å². The molecule has 16 aromatic rings. The van der Waals surface area contributed by atoms with Crippen LogP contribution in [0, 0.1) is 0 Å². The smallest absolute Gasteiger partial charge is 0.113 e. The van der Waals surface area contributed by atoms with Crippen LogP contribution in [0.1, 0.15) is 0 Å². The van der Waals surface area contributed by atoms with Gasteiger partial charge in [0.25, 0.3) is 0 Å². The van der Waals surface area contributed by atoms with E-state index in [1.54, 1.807) is 0 Å². The molecule has 12 aromatic carbocycles. The lowest BCUT2D eigenvalue weighted by Crippen LogP contribution is -2.49. The number of benzene rings is 12. The van der Waals surface area contributed by atoms with E-state index in [1.165, 1.54) is 172 Å². The fraction of sp³-hybridized carbons (Fsp3) is 0.0526. The first-order valence-electron chi connectivity index (χ1n) is 28.6. The highest BCUT2D eigenvalue weighted by Crippen LogP contribution is 2.46. The average molecular weight is 1110 g/mol. The van der Waals surface area contributed by atoms with Crippen LogP contribution in [0.25, 0.3) is 151 Å². The number of thiophene rings is 2. The van der Waals surface area contributed by atoms with Gasteiger partial charge in [0.15, 0.2) is 0 Å². The van der Waals surface area contributed by atoms with Crippen molar-refractivity contribution in [1.82, 2.24) is 9.13 Å². The van der Waals surface area contributed by atoms with E-state index in [0.29, 0.717) is 0 Å². The minimum Gasteiger partial charge on any atom is -0.309 e. The van der Waals surface area contributed by atoms with Crippen molar-refractivity contribution in [2.24, 2.45) is 0 Å². The van der Waals surface area contributed by atoms with Crippen molar-refractivity contribution in [1.29, 1.82) is 0 Å². The molecule has 0 fully saturated rings. The Hall–Kier alpha value is -8.89. The predicted octanol–water partition coefficient (Wildman–Crippen LogP) is 19.2. The maximum absolute atomic E-state index is 2.53. The highest BCUT2D eigenvalue weighted by molar-refractivity contribution is 7.26. The molecule has 0 aliphatic carbocycles. The van der Waals surface area contributed by atoms with Crippen molar-refractivity contribution in [3.63, 3.8) is 0 Å². The molecule has 0 unspecified atom stereocenters. The van der Waals surface area contributed by atoms with Crippen LogP contribution in [-0.2, 0) is 0 Å². The molecule has 386 valence electrons. The van der Waals surface area contributed by atoms with Gasteiger partial charge in [-0.2, -0.15) is 0 Å². The summed E-state index contributed by atoms with van der Waals surface area (Å²) in [5.74, 6) is 0. The molecule has 0 amide bonds. The lowest BCUT2D eigenvalue weighted by atomic mass is 9.98. The lowest BCUT2D eigenvalue weighted by Gasteiger charge is -2.19. The van der Waals surface area contributed by atoms with Crippen molar-refractivity contribution < 1.29 is 0 Å². The molecule has 6 heteroatoms. The highest BCUT2D eigenvalue weighted by Gasteiger charge is 2.39. The van der Waals surface area contributed by atoms with Gasteiger partial charge < -0.3 is 9.13 Å². The number of aromatic nitrogens is 2. The predicted molar refractivity (Wildman–Crippen MR) is 362 cm³/mol. The molecule has 18 rings (SSSR count). The van der Waals surface area contributed by atoms with Gasteiger partial charge in [-0.1, -0.05) is 184 Å². The van der Waals surface area contributed by atoms with Crippen LogP contribution in [0.2, 0.25) is 26.2 Å². The Balaban J connectivity index is 0.858. The maximum Gasteiger partial charge on any atom is 0.113 e. The van der Waals surface area contributed by atoms with Crippen molar-refractivity contribution in [3.05, 3.63) is 243 Å². The Morgan fingerprint density at radius 1 is 0.256 bits per heavy atom. The SMILES string of the molecule is C[Si]1(C)c2ccccc2-c2cc(-n3c4ccc(-c5ccc6c(c5)c5cc(-c7cccc8c7sc7ccccc78)ccc5n6-c5ccc6c(c5)-c5ccccc5[Si]6(C)C)cc4c4cc(-c5cccc6c5sc5ccccc56)ccc43)ccc21. The van der Waals surface area contributed by atoms with Crippen LogP contribution < -0.4 is 20.7 Å². The summed E-state index contributed by atoms with van der Waals surface area (Å²) in [6.45, 7) is 10.0. The Morgan fingerprint density at radius 3 is 1.04 bits per heavy atom. The average Bonchev–Trinajstić information content (AvgIpc) is 2.78. The number of nitrogens with zero attached hydrogens (tertiary/aromatic N) is 2. The van der Waals surface area contributed by atoms with Gasteiger partial charge in [0.05, 0.1) is 22.1 Å². The topological polar surface area (TPSA) is 9.86 Å². The number of hydrogen-bond donors (Lipinski definition) is 0. The van der Waals surface area contributed by atoms with Crippen LogP contribution in [0.15, 0.2) is 243 Å². The van der Waals surface area contributed by atoms with Crippen molar-refractivity contribution in [2.75, 3.05) is 0 Å². The second-order valence-electron chi connectivity index (χ2n) is 24.0. The molecule has 0 radical (unpaired) electrons. The van der Waals surface area contributed by atoms with Crippen LogP contribution in [-0.4, -0.2) is 25.3 Å². The standard InChI is InChI=1S/C76H52N2S2Si2/c1-81(2)71-25-11-7-17-55(71)63-43-49(31-37-73(63)81)77-65-33-27-45(39-59(65)61-41-47(29-35-67(61)77)51-19-13-21-57-53-15-5-9-23-69(53)79-75(51)57)46-28-34-66-60(40-46)62-42-48(52-20-14-22-58-54-16-6-10-24-70(54)80-76(52)58)30-36-68(62)78(66)50-32-38-74-64(44-50)56-18-8-12-26-72(56)82(74,3)4/h5-44H,1-4H3. The molecule has 0 spiro atoms. The Morgan fingerprint density at radius 2 is 0.598 bits per heavy atom. The minimum atomic E-state index is -1.85. The molecule has 0 atom stereocenters. The van der Waals surface area contributed by atoms with Gasteiger partial charge in [-0.05, 0) is 161 Å². The highest BCUT2D eigenvalue weighted by atomic mass is 32.1. The van der Waals surface area contributed by atoms with Gasteiger partial charge in [-0.3, -0.25) is 0 Å². The first kappa shape index (κ1) is 46.8. The van der Waals surface area contributed by atoms with E-state index >= 15 is 0 Å². The molecule has 0 saturated carbocycles. The second kappa shape index (κ2) is 16.9. The van der Waals surface area contributed by atoms with E-state index in [2.05, 4.69) is 278 Å². The molecule has 2 nitrogen and oxygen atoms in total. The van der Waals surface area contributed by atoms with Crippen LogP contribution in [0.5, 0.6) is 0 Å². The summed E-state index contributed by atoms with van der Waals surface area (Å²) in [5.41, 5.74) is 20.2. The summed E-state index contributed by atoms with van der Waals surface area (Å²) in [6.07, 6.45) is 0. The Kier molecular flexibility index (Phi) is 9.62. The number of fused-ring (bicyclic) bond motifs is 18. The van der Waals surface area contributed by atoms with E-state index in [1.807, 2.05) is 22.7 Å². The van der Waals surface area contributed by atoms with E-state index in [4.69, 9.17) is 0 Å². The summed E-state index contributed by atoms with van der Waals surface area (Å²) >= 11 is 3.80. The third-order valence-corrected chi connectivity index (χ3v) is 28.5. The first-order valence-corrected chi connectivity index (χ1v) is 36.3. The van der Waals surface area contributed by atoms with Gasteiger partial charge in [-0.25, -0.2) is 0 Å². The summed E-state index contributed by atoms with van der Waals surface area (Å²) in [4.78, 5) is 0. The quantitative estimate of drug-likeness (QED) is 0.152. The second-order valence-corrected chi connectivity index (χ2v) is 34.7. The van der Waals surface area contributed by atoms with Gasteiger partial charge in [0.2, 0.25) is 0 Å². The molecule has 0 bridgehead atoms. The summed E-state index contributed by atoms with van der Waals surface area (Å²) in [6, 6.07) is 93.2. The van der Waals surface area contributed by atoms with Gasteiger partial charge in [0.1, 0.15) is 16.1 Å². The molecule has 6 heterocycles. The molecular weight excluding hydrogens is 1060 g/mol. The number of hydrogen-bond acceptors (Lipinski definition) is 2. The van der Waals surface area contributed by atoms with Gasteiger partial charge in [-0.15, -0.1) is 22.7 Å². The Labute approximate surface area is 485 Å². The van der Waals surface area contributed by atoms with E-state index in [-0.39, 0.29) is 0 Å². The van der Waals surface area contributed by atoms with Crippen LogP contribution in [0.4, 0.5) is 0 Å². The largest absolute Gasteiger partial charge is 0.309 e. The van der Waals surface area contributed by atoms with Gasteiger partial charge >= 0.3 is 0 Å². The zero-order chi connectivity index (χ0) is 54.3. The first-order chi connectivity index (χ1) is 40.2. The van der Waals surface area contributed by atoms with Gasteiger partial charge in [0, 0.05) is 73.3 Å². The normalized spacial score (nSPS) is 14.0. The summed E-state index contributed by atoms with van der Waals surface area (Å²) < 4.78 is 10.4. The van der Waals surface area contributed by atoms with Crippen molar-refractivity contribution >= 4 is 144 Å². The monoisotopic (exact) mass is 1110 g/mol. The maximum atomic E-state index is 2.53. The van der Waals surface area contributed by atoms with E-state index in [0.717, 1.165) is 0 Å². The molecule has 82 heavy (non-hydrogen) atoms. The van der Waals surface area contributed by atoms with Crippen molar-refractivity contribution in [3.8, 4) is 67.0 Å². The third-order valence-electron chi connectivity index (χ3n) is 18.9. The molecule has 0 N–H and O–H groups in total. The molecule has 2 aliphatic rings. The fourth-order valence-electron chi connectivity index (χ4n) is 14.9. The molecular formula is C76H52N2S2Si2. The third kappa shape index (κ3) is 6.43. The molecule has 4 aromatic heterocycles. The summed E-state index contributed by atoms with van der Waals surface area (Å²) in [7, 11) is -3.69. The molecule has 2 aliphatic heterocycles. The zero-order valence-corrected chi connectivity index (χ0v) is 49.4. The van der Waals surface area contributed by atoms with Crippen LogP contribution >= 0.6 is 22.7 Å². The molecule has 0 saturated heterocycles. The summed E-state index contributed by atoms with van der Waals surface area (Å²) in [5, 5.41) is 16.4. The Bertz CT molecular complexity index is 5150. The number of rotatable bonds is 5. The van der Waals surface area contributed by atoms with E-state index < -0.39 is 16.1 Å². The lowest BCUT2D eigenvalue weighted by molar-refractivity contribution is 1.18. The van der Waals surface area contributed by atoms with Crippen LogP contribution in [0.3, 0.4) is 0 Å².